The van der Waals surface area contributed by atoms with Gasteiger partial charge in [0.15, 0.2) is 0 Å². The van der Waals surface area contributed by atoms with E-state index in [4.69, 9.17) is 0 Å². The molecule has 0 spiro atoms. The first-order valence-corrected chi connectivity index (χ1v) is 11.3. The van der Waals surface area contributed by atoms with Crippen molar-refractivity contribution in [3.63, 3.8) is 0 Å². The van der Waals surface area contributed by atoms with Crippen LogP contribution in [-0.2, 0) is 14.4 Å². The Morgan fingerprint density at radius 1 is 0.967 bits per heavy atom. The maximum atomic E-state index is 12.1. The Hall–Kier alpha value is -2.41. The maximum Gasteiger partial charge on any atom is 0.249 e. The monoisotopic (exact) mass is 414 g/mol. The number of piperidine rings is 2. The predicted octanol–water partition coefficient (Wildman–Crippen LogP) is 3.28. The molecule has 0 aromatic heterocycles. The molecule has 2 saturated heterocycles. The molecule has 164 valence electrons. The van der Waals surface area contributed by atoms with E-state index < -0.39 is 6.04 Å². The standard InChI is InChI=1S/C23H34N4O3/c28-21(8-4-1-2-5-15-27-16-6-3-7-17-27)25-19-11-9-18(10-12-19)24-20-13-14-22(29)26-23(20)30/h9-12,20,24H,1-8,13-17H2,(H,25,28)(H,26,29,30). The van der Waals surface area contributed by atoms with Crippen LogP contribution in [0.5, 0.6) is 0 Å². The van der Waals surface area contributed by atoms with E-state index in [1.54, 1.807) is 0 Å². The van der Waals surface area contributed by atoms with Crippen molar-refractivity contribution in [2.24, 2.45) is 0 Å². The van der Waals surface area contributed by atoms with Gasteiger partial charge in [-0.1, -0.05) is 19.3 Å². The van der Waals surface area contributed by atoms with Gasteiger partial charge in [0.25, 0.3) is 0 Å². The smallest absolute Gasteiger partial charge is 0.249 e. The molecule has 2 aliphatic heterocycles. The van der Waals surface area contributed by atoms with Gasteiger partial charge in [0, 0.05) is 24.2 Å². The number of amides is 3. The number of hydrogen-bond acceptors (Lipinski definition) is 5. The summed E-state index contributed by atoms with van der Waals surface area (Å²) in [5.41, 5.74) is 1.54. The fourth-order valence-corrected chi connectivity index (χ4v) is 4.06. The number of benzene rings is 1. The van der Waals surface area contributed by atoms with Gasteiger partial charge in [0.05, 0.1) is 0 Å². The Bertz CT molecular complexity index is 714. The third kappa shape index (κ3) is 7.44. The molecule has 2 aliphatic rings. The Balaban J connectivity index is 1.28. The lowest BCUT2D eigenvalue weighted by Gasteiger charge is -2.26. The van der Waals surface area contributed by atoms with Gasteiger partial charge < -0.3 is 15.5 Å². The van der Waals surface area contributed by atoms with E-state index >= 15 is 0 Å². The maximum absolute atomic E-state index is 12.1. The number of nitrogens with one attached hydrogen (secondary N) is 3. The number of rotatable bonds is 10. The van der Waals surface area contributed by atoms with Crippen molar-refractivity contribution in [2.45, 2.75) is 70.3 Å². The van der Waals surface area contributed by atoms with E-state index in [0.717, 1.165) is 24.2 Å². The quantitative estimate of drug-likeness (QED) is 0.404. The normalized spacial score (nSPS) is 19.9. The Morgan fingerprint density at radius 2 is 1.67 bits per heavy atom. The molecule has 0 radical (unpaired) electrons. The lowest BCUT2D eigenvalue weighted by Crippen LogP contribution is -2.47. The van der Waals surface area contributed by atoms with Crippen LogP contribution in [0.4, 0.5) is 11.4 Å². The first-order valence-electron chi connectivity index (χ1n) is 11.3. The largest absolute Gasteiger partial charge is 0.374 e. The number of unbranched alkanes of at least 4 members (excludes halogenated alkanes) is 3. The molecule has 0 aliphatic carbocycles. The molecule has 7 heteroatoms. The summed E-state index contributed by atoms with van der Waals surface area (Å²) >= 11 is 0. The van der Waals surface area contributed by atoms with Gasteiger partial charge in [0.1, 0.15) is 6.04 Å². The van der Waals surface area contributed by atoms with E-state index in [0.29, 0.717) is 19.3 Å². The van der Waals surface area contributed by atoms with Crippen LogP contribution in [0.3, 0.4) is 0 Å². The topological polar surface area (TPSA) is 90.5 Å². The van der Waals surface area contributed by atoms with Crippen LogP contribution in [0, 0.1) is 0 Å². The van der Waals surface area contributed by atoms with E-state index in [2.05, 4.69) is 20.9 Å². The molecule has 1 aromatic carbocycles. The fraction of sp³-hybridized carbons (Fsp3) is 0.609. The molecule has 1 atom stereocenters. The number of anilines is 2. The number of carbonyl (C=O) groups is 3. The minimum absolute atomic E-state index is 0.0388. The Morgan fingerprint density at radius 3 is 2.40 bits per heavy atom. The van der Waals surface area contributed by atoms with E-state index in [-0.39, 0.29) is 17.7 Å². The summed E-state index contributed by atoms with van der Waals surface area (Å²) in [7, 11) is 0. The second-order valence-electron chi connectivity index (χ2n) is 8.34. The molecule has 0 saturated carbocycles. The molecule has 3 rings (SSSR count). The third-order valence-corrected chi connectivity index (χ3v) is 5.83. The van der Waals surface area contributed by atoms with Crippen LogP contribution in [0.25, 0.3) is 0 Å². The first kappa shape index (κ1) is 22.3. The molecule has 3 N–H and O–H groups in total. The van der Waals surface area contributed by atoms with Gasteiger partial charge in [-0.3, -0.25) is 19.7 Å². The highest BCUT2D eigenvalue weighted by Gasteiger charge is 2.26. The predicted molar refractivity (Wildman–Crippen MR) is 118 cm³/mol. The van der Waals surface area contributed by atoms with Gasteiger partial charge in [-0.2, -0.15) is 0 Å². The Labute approximate surface area is 179 Å². The van der Waals surface area contributed by atoms with Crippen LogP contribution in [0.1, 0.15) is 64.2 Å². The SMILES string of the molecule is O=C1CCC(Nc2ccc(NC(=O)CCCCCCN3CCCCC3)cc2)C(=O)N1. The van der Waals surface area contributed by atoms with Gasteiger partial charge >= 0.3 is 0 Å². The van der Waals surface area contributed by atoms with Crippen molar-refractivity contribution in [1.29, 1.82) is 0 Å². The van der Waals surface area contributed by atoms with Crippen molar-refractivity contribution in [1.82, 2.24) is 10.2 Å². The van der Waals surface area contributed by atoms with E-state index in [1.807, 2.05) is 24.3 Å². The minimum Gasteiger partial charge on any atom is -0.374 e. The molecule has 30 heavy (non-hydrogen) atoms. The molecule has 1 aromatic rings. The van der Waals surface area contributed by atoms with Crippen molar-refractivity contribution >= 4 is 29.1 Å². The summed E-state index contributed by atoms with van der Waals surface area (Å²) in [6.07, 6.45) is 9.86. The lowest BCUT2D eigenvalue weighted by atomic mass is 10.1. The highest BCUT2D eigenvalue weighted by atomic mass is 16.2. The van der Waals surface area contributed by atoms with Crippen molar-refractivity contribution in [3.05, 3.63) is 24.3 Å². The lowest BCUT2D eigenvalue weighted by molar-refractivity contribution is -0.133. The number of carbonyl (C=O) groups excluding carboxylic acids is 3. The fourth-order valence-electron chi connectivity index (χ4n) is 4.06. The van der Waals surface area contributed by atoms with Crippen molar-refractivity contribution in [3.8, 4) is 0 Å². The van der Waals surface area contributed by atoms with E-state index in [9.17, 15) is 14.4 Å². The van der Waals surface area contributed by atoms with Crippen molar-refractivity contribution in [2.75, 3.05) is 30.3 Å². The third-order valence-electron chi connectivity index (χ3n) is 5.83. The number of hydrogen-bond donors (Lipinski definition) is 3. The average Bonchev–Trinajstić information content (AvgIpc) is 2.75. The number of imide groups is 1. The summed E-state index contributed by atoms with van der Waals surface area (Å²) in [6, 6.07) is 6.91. The molecule has 1 unspecified atom stereocenters. The number of likely N-dealkylation sites (tertiary alicyclic amines) is 1. The summed E-state index contributed by atoms with van der Waals surface area (Å²) < 4.78 is 0. The molecular formula is C23H34N4O3. The van der Waals surface area contributed by atoms with Gasteiger partial charge in [-0.15, -0.1) is 0 Å². The van der Waals surface area contributed by atoms with Crippen LogP contribution >= 0.6 is 0 Å². The summed E-state index contributed by atoms with van der Waals surface area (Å²) in [4.78, 5) is 37.7. The van der Waals surface area contributed by atoms with Crippen LogP contribution in [0.15, 0.2) is 24.3 Å². The van der Waals surface area contributed by atoms with E-state index in [1.165, 1.54) is 51.7 Å². The van der Waals surface area contributed by atoms with Gasteiger partial charge in [-0.05, 0) is 76.0 Å². The first-order chi connectivity index (χ1) is 14.6. The van der Waals surface area contributed by atoms with Gasteiger partial charge in [0.2, 0.25) is 17.7 Å². The highest BCUT2D eigenvalue weighted by Crippen LogP contribution is 2.18. The molecule has 3 amide bonds. The summed E-state index contributed by atoms with van der Waals surface area (Å²) in [5.74, 6) is -0.477. The average molecular weight is 415 g/mol. The molecule has 7 nitrogen and oxygen atoms in total. The zero-order valence-corrected chi connectivity index (χ0v) is 17.8. The van der Waals surface area contributed by atoms with Crippen molar-refractivity contribution < 1.29 is 14.4 Å². The summed E-state index contributed by atoms with van der Waals surface area (Å²) in [6.45, 7) is 3.71. The Kier molecular flexibility index (Phi) is 8.68. The minimum atomic E-state index is -0.405. The second kappa shape index (κ2) is 11.7. The van der Waals surface area contributed by atoms with Crippen LogP contribution in [-0.4, -0.2) is 48.3 Å². The highest BCUT2D eigenvalue weighted by molar-refractivity contribution is 6.01. The molecule has 2 heterocycles. The summed E-state index contributed by atoms with van der Waals surface area (Å²) in [5, 5.41) is 8.40. The zero-order valence-electron chi connectivity index (χ0n) is 17.8. The second-order valence-corrected chi connectivity index (χ2v) is 8.34. The van der Waals surface area contributed by atoms with Gasteiger partial charge in [-0.25, -0.2) is 0 Å². The van der Waals surface area contributed by atoms with Crippen LogP contribution in [0.2, 0.25) is 0 Å². The van der Waals surface area contributed by atoms with Crippen LogP contribution < -0.4 is 16.0 Å². The molecule has 0 bridgehead atoms. The molecular weight excluding hydrogens is 380 g/mol. The molecule has 2 fully saturated rings. The zero-order chi connectivity index (χ0) is 21.2. The number of nitrogens with zero attached hydrogens (tertiary/aromatic N) is 1.